The molecule has 0 aromatic heterocycles. The van der Waals surface area contributed by atoms with Crippen LogP contribution in [0.4, 0.5) is 23.2 Å². The van der Waals surface area contributed by atoms with E-state index < -0.39 is 23.8 Å². The molecule has 15 heavy (non-hydrogen) atoms. The molecule has 0 bridgehead atoms. The lowest BCUT2D eigenvalue weighted by atomic mass is 10.1. The molecule has 0 spiro atoms. The second kappa shape index (κ2) is 2.95. The van der Waals surface area contributed by atoms with E-state index in [4.69, 9.17) is 0 Å². The third kappa shape index (κ3) is 1.55. The molecule has 0 saturated carbocycles. The predicted molar refractivity (Wildman–Crippen MR) is 43.9 cm³/mol. The quantitative estimate of drug-likeness (QED) is 0.668. The number of anilines is 1. The number of rotatable bonds is 0. The van der Waals surface area contributed by atoms with E-state index in [1.807, 2.05) is 5.32 Å². The number of carbonyl (C=O) groups is 1. The third-order valence-corrected chi connectivity index (χ3v) is 2.14. The summed E-state index contributed by atoms with van der Waals surface area (Å²) in [6, 6.07) is 2.46. The van der Waals surface area contributed by atoms with Gasteiger partial charge in [-0.1, -0.05) is 6.07 Å². The maximum atomic E-state index is 13.0. The number of halogens is 4. The maximum absolute atomic E-state index is 13.0. The molecule has 0 unspecified atom stereocenters. The Labute approximate surface area is 81.9 Å². The van der Waals surface area contributed by atoms with Crippen LogP contribution in [0.3, 0.4) is 0 Å². The van der Waals surface area contributed by atoms with Crippen molar-refractivity contribution in [1.29, 1.82) is 0 Å². The Hall–Kier alpha value is -1.59. The van der Waals surface area contributed by atoms with Crippen molar-refractivity contribution in [2.24, 2.45) is 0 Å². The predicted octanol–water partition coefficient (Wildman–Crippen LogP) is 2.67. The summed E-state index contributed by atoms with van der Waals surface area (Å²) in [6.45, 7) is 0. The van der Waals surface area contributed by atoms with Crippen LogP contribution in [0.1, 0.15) is 17.3 Å². The van der Waals surface area contributed by atoms with E-state index in [1.54, 1.807) is 0 Å². The molecule has 1 N–H and O–H groups in total. The average molecular weight is 219 g/mol. The van der Waals surface area contributed by atoms with Crippen molar-refractivity contribution in [2.45, 2.75) is 12.3 Å². The normalized spacial score (nSPS) is 20.0. The molecule has 6 heteroatoms. The summed E-state index contributed by atoms with van der Waals surface area (Å²) in [7, 11) is 0. The smallest absolute Gasteiger partial charge is 0.323 e. The fourth-order valence-electron chi connectivity index (χ4n) is 1.40. The SMILES string of the molecule is O=C1Nc2cc(C(F)(F)F)ccc2[C@@H]1F. The van der Waals surface area contributed by atoms with Gasteiger partial charge in [-0.05, 0) is 12.1 Å². The van der Waals surface area contributed by atoms with Gasteiger partial charge in [0.1, 0.15) is 0 Å². The number of fused-ring (bicyclic) bond motifs is 1. The summed E-state index contributed by atoms with van der Waals surface area (Å²) in [5.41, 5.74) is -1.06. The van der Waals surface area contributed by atoms with Crippen LogP contribution in [0.5, 0.6) is 0 Å². The first-order chi connectivity index (χ1) is 6.89. The maximum Gasteiger partial charge on any atom is 0.416 e. The van der Waals surface area contributed by atoms with Crippen LogP contribution in [-0.2, 0) is 11.0 Å². The van der Waals surface area contributed by atoms with Crippen molar-refractivity contribution < 1.29 is 22.4 Å². The Morgan fingerprint density at radius 3 is 2.53 bits per heavy atom. The van der Waals surface area contributed by atoms with E-state index in [1.165, 1.54) is 0 Å². The Kier molecular flexibility index (Phi) is 1.95. The van der Waals surface area contributed by atoms with Crippen molar-refractivity contribution in [3.8, 4) is 0 Å². The first-order valence-corrected chi connectivity index (χ1v) is 4.05. The lowest BCUT2D eigenvalue weighted by Gasteiger charge is -2.07. The topological polar surface area (TPSA) is 29.1 Å². The molecule has 2 nitrogen and oxygen atoms in total. The second-order valence-corrected chi connectivity index (χ2v) is 3.15. The highest BCUT2D eigenvalue weighted by atomic mass is 19.4. The van der Waals surface area contributed by atoms with Gasteiger partial charge in [0.15, 0.2) is 0 Å². The van der Waals surface area contributed by atoms with Gasteiger partial charge >= 0.3 is 6.18 Å². The fourth-order valence-corrected chi connectivity index (χ4v) is 1.40. The minimum absolute atomic E-state index is 0.0481. The molecule has 1 atom stereocenters. The molecule has 1 aliphatic heterocycles. The second-order valence-electron chi connectivity index (χ2n) is 3.15. The first-order valence-electron chi connectivity index (χ1n) is 4.05. The Morgan fingerprint density at radius 1 is 1.27 bits per heavy atom. The number of nitrogens with one attached hydrogen (secondary N) is 1. The van der Waals surface area contributed by atoms with E-state index in [2.05, 4.69) is 0 Å². The summed E-state index contributed by atoms with van der Waals surface area (Å²) in [5.74, 6) is -0.927. The molecule has 1 aliphatic rings. The van der Waals surface area contributed by atoms with Crippen LogP contribution in [0, 0.1) is 0 Å². The molecule has 0 saturated heterocycles. The molecule has 1 aromatic carbocycles. The molecule has 1 heterocycles. The van der Waals surface area contributed by atoms with Gasteiger partial charge in [0.05, 0.1) is 5.56 Å². The zero-order valence-corrected chi connectivity index (χ0v) is 7.23. The van der Waals surface area contributed by atoms with Crippen LogP contribution >= 0.6 is 0 Å². The zero-order valence-electron chi connectivity index (χ0n) is 7.23. The van der Waals surface area contributed by atoms with E-state index in [-0.39, 0.29) is 11.3 Å². The average Bonchev–Trinajstić information content (AvgIpc) is 2.41. The van der Waals surface area contributed by atoms with Crippen molar-refractivity contribution in [2.75, 3.05) is 5.32 Å². The highest BCUT2D eigenvalue weighted by molar-refractivity contribution is 6.01. The Morgan fingerprint density at radius 2 is 1.93 bits per heavy atom. The lowest BCUT2D eigenvalue weighted by Crippen LogP contribution is -2.07. The fraction of sp³-hybridized carbons (Fsp3) is 0.222. The minimum atomic E-state index is -4.49. The molecule has 2 rings (SSSR count). The molecule has 0 aliphatic carbocycles. The molecular formula is C9H5F4NO. The standard InChI is InChI=1S/C9H5F4NO/c10-7-5-2-1-4(9(11,12)13)3-6(5)14-8(7)15/h1-3,7H,(H,14,15)/t7-/m0/s1. The molecular weight excluding hydrogens is 214 g/mol. The Balaban J connectivity index is 2.47. The summed E-state index contributed by atoms with van der Waals surface area (Å²) >= 11 is 0. The van der Waals surface area contributed by atoms with Gasteiger partial charge in [0.25, 0.3) is 5.91 Å². The molecule has 0 fully saturated rings. The molecule has 1 amide bonds. The monoisotopic (exact) mass is 219 g/mol. The van der Waals surface area contributed by atoms with Gasteiger partial charge < -0.3 is 5.32 Å². The molecule has 80 valence electrons. The molecule has 0 radical (unpaired) electrons. The van der Waals surface area contributed by atoms with Crippen LogP contribution < -0.4 is 5.32 Å². The highest BCUT2D eigenvalue weighted by Gasteiger charge is 2.35. The summed E-state index contributed by atoms with van der Waals surface area (Å²) < 4.78 is 49.8. The van der Waals surface area contributed by atoms with Crippen molar-refractivity contribution >= 4 is 11.6 Å². The van der Waals surface area contributed by atoms with E-state index in [0.717, 1.165) is 18.2 Å². The van der Waals surface area contributed by atoms with Gasteiger partial charge in [0, 0.05) is 11.3 Å². The number of hydrogen-bond donors (Lipinski definition) is 1. The van der Waals surface area contributed by atoms with E-state index >= 15 is 0 Å². The number of hydrogen-bond acceptors (Lipinski definition) is 1. The number of amides is 1. The van der Waals surface area contributed by atoms with Gasteiger partial charge in [-0.3, -0.25) is 4.79 Å². The van der Waals surface area contributed by atoms with Gasteiger partial charge in [-0.2, -0.15) is 13.2 Å². The number of carbonyl (C=O) groups excluding carboxylic acids is 1. The Bertz CT molecular complexity index is 427. The zero-order chi connectivity index (χ0) is 11.2. The third-order valence-electron chi connectivity index (χ3n) is 2.14. The van der Waals surface area contributed by atoms with E-state index in [9.17, 15) is 22.4 Å². The lowest BCUT2D eigenvalue weighted by molar-refractivity contribution is -0.137. The summed E-state index contributed by atoms with van der Waals surface area (Å²) in [4.78, 5) is 10.8. The summed E-state index contributed by atoms with van der Waals surface area (Å²) in [5, 5.41) is 2.05. The summed E-state index contributed by atoms with van der Waals surface area (Å²) in [6.07, 6.45) is -6.36. The van der Waals surface area contributed by atoms with Gasteiger partial charge in [-0.25, -0.2) is 4.39 Å². The van der Waals surface area contributed by atoms with Crippen LogP contribution in [0.25, 0.3) is 0 Å². The van der Waals surface area contributed by atoms with Crippen LogP contribution in [-0.4, -0.2) is 5.91 Å². The van der Waals surface area contributed by atoms with E-state index in [0.29, 0.717) is 0 Å². The largest absolute Gasteiger partial charge is 0.416 e. The van der Waals surface area contributed by atoms with Crippen molar-refractivity contribution in [3.63, 3.8) is 0 Å². The van der Waals surface area contributed by atoms with Crippen molar-refractivity contribution in [1.82, 2.24) is 0 Å². The first kappa shape index (κ1) is 9.95. The van der Waals surface area contributed by atoms with Gasteiger partial charge in [-0.15, -0.1) is 0 Å². The molecule has 1 aromatic rings. The number of benzene rings is 1. The van der Waals surface area contributed by atoms with Gasteiger partial charge in [0.2, 0.25) is 6.17 Å². The van der Waals surface area contributed by atoms with Crippen LogP contribution in [0.2, 0.25) is 0 Å². The highest BCUT2D eigenvalue weighted by Crippen LogP contribution is 2.38. The van der Waals surface area contributed by atoms with Crippen molar-refractivity contribution in [3.05, 3.63) is 29.3 Å². The minimum Gasteiger partial charge on any atom is -0.323 e. The van der Waals surface area contributed by atoms with Crippen LogP contribution in [0.15, 0.2) is 18.2 Å². The number of alkyl halides is 4.